The van der Waals surface area contributed by atoms with Crippen LogP contribution in [0.1, 0.15) is 49.1 Å². The lowest BCUT2D eigenvalue weighted by Gasteiger charge is -2.26. The number of nitriles is 1. The van der Waals surface area contributed by atoms with E-state index in [1.807, 2.05) is 24.3 Å². The minimum absolute atomic E-state index is 0.00744. The SMILES string of the molecule is COc1ccc(/C(O)=C2/C(=O)C(=O)N(c3ccc(C#N)cc3)C2c2ccc(C(C)(C)C)cc2)cc1. The Kier molecular flexibility index (Phi) is 6.19. The number of aliphatic hydroxyl groups excluding tert-OH is 1. The molecule has 0 aliphatic carbocycles. The third kappa shape index (κ3) is 4.41. The number of ketones is 1. The smallest absolute Gasteiger partial charge is 0.300 e. The largest absolute Gasteiger partial charge is 0.507 e. The molecule has 0 radical (unpaired) electrons. The average Bonchev–Trinajstić information content (AvgIpc) is 3.13. The Labute approximate surface area is 204 Å². The first-order valence-corrected chi connectivity index (χ1v) is 11.2. The van der Waals surface area contributed by atoms with E-state index in [1.54, 1.807) is 55.6 Å². The van der Waals surface area contributed by atoms with Crippen molar-refractivity contribution in [2.75, 3.05) is 12.0 Å². The highest BCUT2D eigenvalue weighted by molar-refractivity contribution is 6.51. The van der Waals surface area contributed by atoms with E-state index in [1.165, 1.54) is 4.90 Å². The van der Waals surface area contributed by atoms with Gasteiger partial charge in [-0.2, -0.15) is 5.26 Å². The molecule has 1 fully saturated rings. The molecule has 1 saturated heterocycles. The number of hydrogen-bond donors (Lipinski definition) is 1. The Morgan fingerprint density at radius 3 is 2.06 bits per heavy atom. The van der Waals surface area contributed by atoms with Crippen molar-refractivity contribution < 1.29 is 19.4 Å². The summed E-state index contributed by atoms with van der Waals surface area (Å²) in [7, 11) is 1.54. The lowest BCUT2D eigenvalue weighted by Crippen LogP contribution is -2.29. The minimum Gasteiger partial charge on any atom is -0.507 e. The molecular weight excluding hydrogens is 440 g/mol. The van der Waals surface area contributed by atoms with Crippen LogP contribution in [0, 0.1) is 11.3 Å². The maximum absolute atomic E-state index is 13.3. The summed E-state index contributed by atoms with van der Waals surface area (Å²) in [6, 6.07) is 22.0. The van der Waals surface area contributed by atoms with Gasteiger partial charge in [0.15, 0.2) is 0 Å². The van der Waals surface area contributed by atoms with Crippen molar-refractivity contribution >= 4 is 23.1 Å². The van der Waals surface area contributed by atoms with Crippen LogP contribution < -0.4 is 9.64 Å². The maximum Gasteiger partial charge on any atom is 0.300 e. The summed E-state index contributed by atoms with van der Waals surface area (Å²) >= 11 is 0. The maximum atomic E-state index is 13.3. The molecule has 35 heavy (non-hydrogen) atoms. The Morgan fingerprint density at radius 2 is 1.54 bits per heavy atom. The van der Waals surface area contributed by atoms with E-state index >= 15 is 0 Å². The van der Waals surface area contributed by atoms with Crippen molar-refractivity contribution in [1.82, 2.24) is 0 Å². The fourth-order valence-corrected chi connectivity index (χ4v) is 4.18. The van der Waals surface area contributed by atoms with E-state index in [0.717, 1.165) is 5.56 Å². The number of Topliss-reactive ketones (excluding diaryl/α,β-unsaturated/α-hetero) is 1. The monoisotopic (exact) mass is 466 g/mol. The number of benzene rings is 3. The summed E-state index contributed by atoms with van der Waals surface area (Å²) in [5, 5.41) is 20.4. The zero-order valence-corrected chi connectivity index (χ0v) is 20.1. The van der Waals surface area contributed by atoms with Gasteiger partial charge >= 0.3 is 0 Å². The molecule has 1 amide bonds. The number of anilines is 1. The van der Waals surface area contributed by atoms with Gasteiger partial charge in [0.25, 0.3) is 11.7 Å². The lowest BCUT2D eigenvalue weighted by atomic mass is 9.85. The van der Waals surface area contributed by atoms with Crippen LogP contribution in [0.2, 0.25) is 0 Å². The zero-order chi connectivity index (χ0) is 25.3. The second kappa shape index (κ2) is 9.11. The molecule has 6 heteroatoms. The fraction of sp³-hybridized carbons (Fsp3) is 0.207. The van der Waals surface area contributed by atoms with Gasteiger partial charge in [-0.3, -0.25) is 14.5 Å². The number of carbonyl (C=O) groups excluding carboxylic acids is 2. The van der Waals surface area contributed by atoms with Gasteiger partial charge in [0, 0.05) is 11.3 Å². The van der Waals surface area contributed by atoms with Crippen LogP contribution >= 0.6 is 0 Å². The summed E-state index contributed by atoms with van der Waals surface area (Å²) in [5.74, 6) is -1.16. The number of nitrogens with zero attached hydrogens (tertiary/aromatic N) is 2. The third-order valence-electron chi connectivity index (χ3n) is 6.17. The summed E-state index contributed by atoms with van der Waals surface area (Å²) in [4.78, 5) is 27.9. The molecule has 1 N–H and O–H groups in total. The molecule has 0 saturated carbocycles. The summed E-state index contributed by atoms with van der Waals surface area (Å²) in [6.45, 7) is 6.32. The Morgan fingerprint density at radius 1 is 0.943 bits per heavy atom. The van der Waals surface area contributed by atoms with Crippen molar-refractivity contribution in [2.24, 2.45) is 0 Å². The quantitative estimate of drug-likeness (QED) is 0.312. The first-order valence-electron chi connectivity index (χ1n) is 11.2. The van der Waals surface area contributed by atoms with E-state index in [2.05, 4.69) is 26.8 Å². The van der Waals surface area contributed by atoms with Crippen molar-refractivity contribution in [3.8, 4) is 11.8 Å². The predicted octanol–water partition coefficient (Wildman–Crippen LogP) is 5.49. The molecule has 176 valence electrons. The molecule has 1 heterocycles. The standard InChI is InChI=1S/C29H26N2O4/c1-29(2,3)21-11-7-19(8-12-21)25-24(26(32)20-9-15-23(35-4)16-10-20)27(33)28(34)31(25)22-13-5-18(17-30)6-14-22/h5-16,25,32H,1-4H3/b26-24-. The van der Waals surface area contributed by atoms with Crippen LogP contribution in [-0.4, -0.2) is 23.9 Å². The van der Waals surface area contributed by atoms with Gasteiger partial charge in [-0.1, -0.05) is 45.0 Å². The van der Waals surface area contributed by atoms with Crippen LogP contribution in [0.4, 0.5) is 5.69 Å². The number of hydrogen-bond acceptors (Lipinski definition) is 5. The molecule has 0 aromatic heterocycles. The van der Waals surface area contributed by atoms with Crippen LogP contribution in [0.25, 0.3) is 5.76 Å². The third-order valence-corrected chi connectivity index (χ3v) is 6.17. The summed E-state index contributed by atoms with van der Waals surface area (Å²) in [6.07, 6.45) is 0. The zero-order valence-electron chi connectivity index (χ0n) is 20.1. The molecule has 4 rings (SSSR count). The van der Waals surface area contributed by atoms with Gasteiger partial charge in [0.2, 0.25) is 0 Å². The van der Waals surface area contributed by atoms with Gasteiger partial charge in [-0.15, -0.1) is 0 Å². The van der Waals surface area contributed by atoms with Gasteiger partial charge in [0.1, 0.15) is 11.5 Å². The van der Waals surface area contributed by atoms with Crippen molar-refractivity contribution in [2.45, 2.75) is 32.2 Å². The van der Waals surface area contributed by atoms with Crippen LogP contribution in [0.15, 0.2) is 78.4 Å². The molecule has 3 aromatic carbocycles. The van der Waals surface area contributed by atoms with E-state index < -0.39 is 17.7 Å². The molecule has 6 nitrogen and oxygen atoms in total. The number of aliphatic hydroxyl groups is 1. The number of methoxy groups -OCH3 is 1. The Balaban J connectivity index is 1.90. The highest BCUT2D eigenvalue weighted by Gasteiger charge is 2.47. The van der Waals surface area contributed by atoms with E-state index in [0.29, 0.717) is 28.1 Å². The number of carbonyl (C=O) groups is 2. The molecule has 0 spiro atoms. The molecule has 1 aliphatic rings. The summed E-state index contributed by atoms with van der Waals surface area (Å²) < 4.78 is 5.19. The molecule has 0 bridgehead atoms. The Hall–Kier alpha value is -4.37. The first kappa shape index (κ1) is 23.8. The first-order chi connectivity index (χ1) is 16.7. The molecular formula is C29H26N2O4. The highest BCUT2D eigenvalue weighted by atomic mass is 16.5. The fourth-order valence-electron chi connectivity index (χ4n) is 4.18. The van der Waals surface area contributed by atoms with Gasteiger partial charge in [0.05, 0.1) is 30.4 Å². The van der Waals surface area contributed by atoms with Crippen molar-refractivity contribution in [3.63, 3.8) is 0 Å². The minimum atomic E-state index is -0.834. The normalized spacial score (nSPS) is 17.3. The van der Waals surface area contributed by atoms with Crippen molar-refractivity contribution in [3.05, 3.63) is 101 Å². The lowest BCUT2D eigenvalue weighted by molar-refractivity contribution is -0.132. The topological polar surface area (TPSA) is 90.6 Å². The molecule has 3 aromatic rings. The van der Waals surface area contributed by atoms with E-state index in [4.69, 9.17) is 10.00 Å². The average molecular weight is 467 g/mol. The van der Waals surface area contributed by atoms with E-state index in [-0.39, 0.29) is 16.7 Å². The van der Waals surface area contributed by atoms with Gasteiger partial charge < -0.3 is 9.84 Å². The van der Waals surface area contributed by atoms with Gasteiger partial charge in [-0.05, 0) is 65.1 Å². The van der Waals surface area contributed by atoms with Gasteiger partial charge in [-0.25, -0.2) is 0 Å². The van der Waals surface area contributed by atoms with Crippen LogP contribution in [-0.2, 0) is 15.0 Å². The summed E-state index contributed by atoms with van der Waals surface area (Å²) in [5.41, 5.74) is 3.03. The number of amides is 1. The molecule has 1 aliphatic heterocycles. The second-order valence-corrected chi connectivity index (χ2v) is 9.43. The van der Waals surface area contributed by atoms with Crippen molar-refractivity contribution in [1.29, 1.82) is 5.26 Å². The van der Waals surface area contributed by atoms with Crippen LogP contribution in [0.5, 0.6) is 5.75 Å². The highest BCUT2D eigenvalue weighted by Crippen LogP contribution is 2.42. The number of rotatable bonds is 4. The predicted molar refractivity (Wildman–Crippen MR) is 134 cm³/mol. The Bertz CT molecular complexity index is 1340. The number of ether oxygens (including phenoxy) is 1. The second-order valence-electron chi connectivity index (χ2n) is 9.43. The molecule has 1 atom stereocenters. The van der Waals surface area contributed by atoms with Crippen LogP contribution in [0.3, 0.4) is 0 Å². The van der Waals surface area contributed by atoms with E-state index in [9.17, 15) is 14.7 Å². The molecule has 1 unspecified atom stereocenters.